The number of oxime groups is 2. The summed E-state index contributed by atoms with van der Waals surface area (Å²) >= 11 is 5.59. The summed E-state index contributed by atoms with van der Waals surface area (Å²) in [6, 6.07) is 9.89. The number of hydrogen-bond donors (Lipinski definition) is 4. The van der Waals surface area contributed by atoms with Crippen molar-refractivity contribution < 1.29 is 19.2 Å². The quantitative estimate of drug-likeness (QED) is 0.290. The van der Waals surface area contributed by atoms with Crippen LogP contribution in [0.2, 0.25) is 5.02 Å². The summed E-state index contributed by atoms with van der Waals surface area (Å²) in [6.45, 7) is 0. The molecule has 9 heteroatoms. The highest BCUT2D eigenvalue weighted by molar-refractivity contribution is 6.34. The van der Waals surface area contributed by atoms with Gasteiger partial charge in [0.2, 0.25) is 0 Å². The Labute approximate surface area is 135 Å². The first-order valence-electron chi connectivity index (χ1n) is 6.06. The van der Waals surface area contributed by atoms with E-state index in [0.717, 1.165) is 0 Å². The molecule has 6 nitrogen and oxygen atoms in total. The van der Waals surface area contributed by atoms with E-state index in [2.05, 4.69) is 10.3 Å². The fourth-order valence-corrected chi connectivity index (χ4v) is 1.78. The van der Waals surface area contributed by atoms with Crippen LogP contribution in [-0.2, 0) is 0 Å². The molecule has 0 saturated carbocycles. The third-order valence-corrected chi connectivity index (χ3v) is 2.90. The van der Waals surface area contributed by atoms with Crippen molar-refractivity contribution in [2.24, 2.45) is 21.8 Å². The minimum Gasteiger partial charge on any atom is -0.409 e. The normalized spacial score (nSPS) is 11.6. The zero-order chi connectivity index (χ0) is 17.4. The van der Waals surface area contributed by atoms with Gasteiger partial charge in [-0.15, -0.1) is 0 Å². The van der Waals surface area contributed by atoms with Gasteiger partial charge in [-0.05, 0) is 24.3 Å². The van der Waals surface area contributed by atoms with Crippen LogP contribution in [0, 0.1) is 11.6 Å². The summed E-state index contributed by atoms with van der Waals surface area (Å²) in [4.78, 5) is 0. The first-order chi connectivity index (χ1) is 10.9. The van der Waals surface area contributed by atoms with Gasteiger partial charge < -0.3 is 21.9 Å². The van der Waals surface area contributed by atoms with Gasteiger partial charge in [-0.2, -0.15) is 0 Å². The van der Waals surface area contributed by atoms with E-state index < -0.39 is 11.6 Å². The molecule has 0 amide bonds. The first kappa shape index (κ1) is 18.2. The predicted molar refractivity (Wildman–Crippen MR) is 82.8 cm³/mol. The number of hydrogen-bond acceptors (Lipinski definition) is 4. The van der Waals surface area contributed by atoms with Crippen LogP contribution in [0.25, 0.3) is 0 Å². The highest BCUT2D eigenvalue weighted by Gasteiger charge is 2.10. The molecule has 122 valence electrons. The van der Waals surface area contributed by atoms with Crippen LogP contribution in [0.1, 0.15) is 11.1 Å². The fourth-order valence-electron chi connectivity index (χ4n) is 1.52. The fraction of sp³-hybridized carbons (Fsp3) is 0. The first-order valence-corrected chi connectivity index (χ1v) is 6.44. The molecule has 2 aromatic rings. The molecule has 0 saturated heterocycles. The predicted octanol–water partition coefficient (Wildman–Crippen LogP) is 2.49. The maximum absolute atomic E-state index is 12.9. The van der Waals surface area contributed by atoms with E-state index in [9.17, 15) is 8.78 Å². The average molecular weight is 343 g/mol. The molecule has 0 radical (unpaired) electrons. The Balaban J connectivity index is 0.000000231. The maximum Gasteiger partial charge on any atom is 0.174 e. The number of amidine groups is 2. The molecule has 0 aliphatic carbocycles. The summed E-state index contributed by atoms with van der Waals surface area (Å²) in [5.41, 5.74) is 10.4. The Morgan fingerprint density at radius 3 is 1.96 bits per heavy atom. The molecule has 0 fully saturated rings. The largest absolute Gasteiger partial charge is 0.409 e. The van der Waals surface area contributed by atoms with Crippen LogP contribution in [-0.4, -0.2) is 22.1 Å². The van der Waals surface area contributed by atoms with Crippen molar-refractivity contribution in [2.45, 2.75) is 0 Å². The number of rotatable bonds is 2. The summed E-state index contributed by atoms with van der Waals surface area (Å²) < 4.78 is 25.7. The Morgan fingerprint density at radius 2 is 1.43 bits per heavy atom. The molecule has 0 spiro atoms. The summed E-state index contributed by atoms with van der Waals surface area (Å²) in [5, 5.41) is 21.9. The van der Waals surface area contributed by atoms with E-state index in [1.54, 1.807) is 6.07 Å². The number of nitrogens with zero attached hydrogens (tertiary/aromatic N) is 2. The standard InChI is InChI=1S/C7H6ClFN2O.C7H7FN2O/c8-4-2-1-3-5(9)6(4)7(10)11-12;8-6-4-2-1-3-5(6)7(9)10-11/h1-3,12H,(H2,10,11);1-4,11H,(H2,9,10). The lowest BCUT2D eigenvalue weighted by Crippen LogP contribution is -2.15. The zero-order valence-electron chi connectivity index (χ0n) is 11.6. The second-order valence-corrected chi connectivity index (χ2v) is 4.45. The molecule has 0 atom stereocenters. The van der Waals surface area contributed by atoms with Gasteiger partial charge in [0.25, 0.3) is 0 Å². The minimum atomic E-state index is -0.613. The Kier molecular flexibility index (Phi) is 6.75. The maximum atomic E-state index is 12.9. The third-order valence-electron chi connectivity index (χ3n) is 2.58. The molecule has 0 aliphatic rings. The van der Waals surface area contributed by atoms with Crippen molar-refractivity contribution in [1.29, 1.82) is 0 Å². The number of halogens is 3. The van der Waals surface area contributed by atoms with Gasteiger partial charge in [0.1, 0.15) is 11.6 Å². The Bertz CT molecular complexity index is 718. The molecule has 2 aromatic carbocycles. The highest BCUT2D eigenvalue weighted by atomic mass is 35.5. The van der Waals surface area contributed by atoms with E-state index in [0.29, 0.717) is 0 Å². The van der Waals surface area contributed by atoms with Crippen molar-refractivity contribution in [3.05, 3.63) is 70.2 Å². The molecule has 0 aliphatic heterocycles. The number of benzene rings is 2. The topological polar surface area (TPSA) is 117 Å². The van der Waals surface area contributed by atoms with Crippen LogP contribution >= 0.6 is 11.6 Å². The van der Waals surface area contributed by atoms with Gasteiger partial charge in [0.05, 0.1) is 16.1 Å². The lowest BCUT2D eigenvalue weighted by Gasteiger charge is -2.01. The summed E-state index contributed by atoms with van der Waals surface area (Å²) in [6.07, 6.45) is 0. The van der Waals surface area contributed by atoms with Crippen LogP contribution < -0.4 is 11.5 Å². The van der Waals surface area contributed by atoms with Gasteiger partial charge >= 0.3 is 0 Å². The van der Waals surface area contributed by atoms with E-state index in [-0.39, 0.29) is 27.8 Å². The van der Waals surface area contributed by atoms with Crippen molar-refractivity contribution >= 4 is 23.3 Å². The van der Waals surface area contributed by atoms with Crippen LogP contribution in [0.3, 0.4) is 0 Å². The van der Waals surface area contributed by atoms with Gasteiger partial charge in [-0.3, -0.25) is 0 Å². The van der Waals surface area contributed by atoms with Crippen molar-refractivity contribution in [1.82, 2.24) is 0 Å². The Hall–Kier alpha value is -2.87. The molecule has 0 aromatic heterocycles. The van der Waals surface area contributed by atoms with Gasteiger partial charge in [0, 0.05) is 0 Å². The Morgan fingerprint density at radius 1 is 0.870 bits per heavy atom. The SMILES string of the molecule is NC(=NO)c1c(F)cccc1Cl.NC(=NO)c1ccccc1F. The lowest BCUT2D eigenvalue weighted by molar-refractivity contribution is 0.318. The van der Waals surface area contributed by atoms with Crippen LogP contribution in [0.4, 0.5) is 8.78 Å². The molecule has 23 heavy (non-hydrogen) atoms. The van der Waals surface area contributed by atoms with E-state index in [1.165, 1.54) is 36.4 Å². The molecule has 0 bridgehead atoms. The average Bonchev–Trinajstić information content (AvgIpc) is 2.54. The van der Waals surface area contributed by atoms with Gasteiger partial charge in [-0.1, -0.05) is 40.1 Å². The smallest absolute Gasteiger partial charge is 0.174 e. The summed E-state index contributed by atoms with van der Waals surface area (Å²) in [5.74, 6) is -1.66. The zero-order valence-corrected chi connectivity index (χ0v) is 12.4. The summed E-state index contributed by atoms with van der Waals surface area (Å²) in [7, 11) is 0. The molecular weight excluding hydrogens is 330 g/mol. The molecule has 2 rings (SSSR count). The lowest BCUT2D eigenvalue weighted by atomic mass is 10.2. The van der Waals surface area contributed by atoms with Crippen molar-refractivity contribution in [2.75, 3.05) is 0 Å². The highest BCUT2D eigenvalue weighted by Crippen LogP contribution is 2.18. The molecule has 6 N–H and O–H groups in total. The second-order valence-electron chi connectivity index (χ2n) is 4.05. The van der Waals surface area contributed by atoms with E-state index in [4.69, 9.17) is 33.5 Å². The van der Waals surface area contributed by atoms with Crippen molar-refractivity contribution in [3.63, 3.8) is 0 Å². The van der Waals surface area contributed by atoms with Crippen LogP contribution in [0.15, 0.2) is 52.8 Å². The van der Waals surface area contributed by atoms with Gasteiger partial charge in [0.15, 0.2) is 11.7 Å². The van der Waals surface area contributed by atoms with E-state index in [1.807, 2.05) is 0 Å². The van der Waals surface area contributed by atoms with E-state index >= 15 is 0 Å². The second kappa shape index (κ2) is 8.54. The minimum absolute atomic E-state index is 0.0818. The molecular formula is C14H13ClF2N4O2. The van der Waals surface area contributed by atoms with Crippen molar-refractivity contribution in [3.8, 4) is 0 Å². The van der Waals surface area contributed by atoms with Crippen LogP contribution in [0.5, 0.6) is 0 Å². The monoisotopic (exact) mass is 342 g/mol. The number of nitrogens with two attached hydrogens (primary N) is 2. The molecule has 0 heterocycles. The van der Waals surface area contributed by atoms with Gasteiger partial charge in [-0.25, -0.2) is 8.78 Å². The molecule has 0 unspecified atom stereocenters. The third kappa shape index (κ3) is 4.82.